The van der Waals surface area contributed by atoms with Gasteiger partial charge in [-0.25, -0.2) is 0 Å². The zero-order valence-electron chi connectivity index (χ0n) is 8.44. The van der Waals surface area contributed by atoms with E-state index in [4.69, 9.17) is 10.8 Å². The number of nitrogen functional groups attached to an aromatic ring is 1. The molecule has 0 heterocycles. The Kier molecular flexibility index (Phi) is 4.84. The van der Waals surface area contributed by atoms with Crippen LogP contribution >= 0.6 is 11.8 Å². The van der Waals surface area contributed by atoms with Crippen molar-refractivity contribution in [2.24, 2.45) is 5.92 Å². The summed E-state index contributed by atoms with van der Waals surface area (Å²) in [6.07, 6.45) is 0. The van der Waals surface area contributed by atoms with Gasteiger partial charge in [-0.3, -0.25) is 0 Å². The average molecular weight is 211 g/mol. The van der Waals surface area contributed by atoms with Crippen LogP contribution in [0.2, 0.25) is 0 Å². The molecule has 0 aromatic heterocycles. The van der Waals surface area contributed by atoms with E-state index in [0.717, 1.165) is 17.2 Å². The lowest BCUT2D eigenvalue weighted by atomic mass is 10.2. The van der Waals surface area contributed by atoms with Crippen molar-refractivity contribution < 1.29 is 5.11 Å². The molecule has 1 atom stereocenters. The van der Waals surface area contributed by atoms with Crippen LogP contribution in [-0.2, 0) is 5.75 Å². The van der Waals surface area contributed by atoms with Crippen LogP contribution in [0.1, 0.15) is 12.5 Å². The lowest BCUT2D eigenvalue weighted by Gasteiger charge is -2.07. The topological polar surface area (TPSA) is 46.2 Å². The van der Waals surface area contributed by atoms with Crippen LogP contribution in [0, 0.1) is 5.92 Å². The highest BCUT2D eigenvalue weighted by molar-refractivity contribution is 7.98. The van der Waals surface area contributed by atoms with E-state index in [-0.39, 0.29) is 6.61 Å². The van der Waals surface area contributed by atoms with Gasteiger partial charge in [-0.1, -0.05) is 19.1 Å². The summed E-state index contributed by atoms with van der Waals surface area (Å²) in [7, 11) is 0. The molecule has 0 aliphatic carbocycles. The first-order valence-corrected chi connectivity index (χ1v) is 5.91. The van der Waals surface area contributed by atoms with Crippen LogP contribution in [0.3, 0.4) is 0 Å². The first-order chi connectivity index (χ1) is 6.72. The van der Waals surface area contributed by atoms with E-state index >= 15 is 0 Å². The predicted molar refractivity (Wildman–Crippen MR) is 63.3 cm³/mol. The fourth-order valence-electron chi connectivity index (χ4n) is 1.04. The van der Waals surface area contributed by atoms with Gasteiger partial charge >= 0.3 is 0 Å². The van der Waals surface area contributed by atoms with Gasteiger partial charge in [0.15, 0.2) is 0 Å². The second-order valence-electron chi connectivity index (χ2n) is 3.54. The minimum Gasteiger partial charge on any atom is -0.399 e. The number of thioether (sulfide) groups is 1. The molecule has 0 saturated carbocycles. The summed E-state index contributed by atoms with van der Waals surface area (Å²) >= 11 is 1.84. The molecule has 0 bridgehead atoms. The highest BCUT2D eigenvalue weighted by Gasteiger charge is 2.00. The van der Waals surface area contributed by atoms with Gasteiger partial charge in [0.25, 0.3) is 0 Å². The zero-order valence-corrected chi connectivity index (χ0v) is 9.26. The number of nitrogens with two attached hydrogens (primary N) is 1. The number of hydrogen-bond donors (Lipinski definition) is 2. The van der Waals surface area contributed by atoms with Crippen LogP contribution in [0.4, 0.5) is 5.69 Å². The molecule has 1 unspecified atom stereocenters. The van der Waals surface area contributed by atoms with Gasteiger partial charge < -0.3 is 10.8 Å². The summed E-state index contributed by atoms with van der Waals surface area (Å²) in [5.41, 5.74) is 7.68. The molecule has 3 heteroatoms. The standard InChI is InChI=1S/C11H17NOS/c1-9(6-13)7-14-8-10-2-4-11(12)5-3-10/h2-5,9,13H,6-8,12H2,1H3. The average Bonchev–Trinajstić information content (AvgIpc) is 2.21. The molecular formula is C11H17NOS. The van der Waals surface area contributed by atoms with Gasteiger partial charge in [0, 0.05) is 18.0 Å². The molecule has 1 aromatic carbocycles. The molecule has 14 heavy (non-hydrogen) atoms. The number of aliphatic hydroxyl groups excluding tert-OH is 1. The van der Waals surface area contributed by atoms with E-state index in [1.54, 1.807) is 0 Å². The first-order valence-electron chi connectivity index (χ1n) is 4.75. The number of anilines is 1. The fourth-order valence-corrected chi connectivity index (χ4v) is 2.10. The lowest BCUT2D eigenvalue weighted by molar-refractivity contribution is 0.250. The molecule has 1 aromatic rings. The fraction of sp³-hybridized carbons (Fsp3) is 0.455. The molecule has 3 N–H and O–H groups in total. The molecule has 78 valence electrons. The second kappa shape index (κ2) is 5.94. The summed E-state index contributed by atoms with van der Waals surface area (Å²) in [6.45, 7) is 2.32. The molecule has 0 fully saturated rings. The minimum absolute atomic E-state index is 0.273. The molecule has 2 nitrogen and oxygen atoms in total. The second-order valence-corrected chi connectivity index (χ2v) is 4.57. The summed E-state index contributed by atoms with van der Waals surface area (Å²) in [5.74, 6) is 2.37. The molecule has 0 aliphatic rings. The lowest BCUT2D eigenvalue weighted by Crippen LogP contribution is -2.03. The van der Waals surface area contributed by atoms with E-state index in [0.29, 0.717) is 5.92 Å². The van der Waals surface area contributed by atoms with Crippen molar-refractivity contribution in [1.82, 2.24) is 0 Å². The Morgan fingerprint density at radius 1 is 1.36 bits per heavy atom. The van der Waals surface area contributed by atoms with E-state index < -0.39 is 0 Å². The van der Waals surface area contributed by atoms with Gasteiger partial charge in [-0.05, 0) is 29.4 Å². The van der Waals surface area contributed by atoms with Crippen molar-refractivity contribution in [2.75, 3.05) is 18.1 Å². The van der Waals surface area contributed by atoms with Crippen LogP contribution in [0.15, 0.2) is 24.3 Å². The highest BCUT2D eigenvalue weighted by atomic mass is 32.2. The number of aliphatic hydroxyl groups is 1. The molecule has 0 spiro atoms. The number of benzene rings is 1. The van der Waals surface area contributed by atoms with Gasteiger partial charge in [0.2, 0.25) is 0 Å². The van der Waals surface area contributed by atoms with E-state index in [9.17, 15) is 0 Å². The van der Waals surface area contributed by atoms with Gasteiger partial charge in [0.1, 0.15) is 0 Å². The van der Waals surface area contributed by atoms with Crippen LogP contribution in [0.25, 0.3) is 0 Å². The summed E-state index contributed by atoms with van der Waals surface area (Å²) in [5, 5.41) is 8.84. The summed E-state index contributed by atoms with van der Waals surface area (Å²) in [4.78, 5) is 0. The molecule has 0 saturated heterocycles. The molecule has 0 amide bonds. The molecular weight excluding hydrogens is 194 g/mol. The normalized spacial score (nSPS) is 12.7. The summed E-state index contributed by atoms with van der Waals surface area (Å²) < 4.78 is 0. The van der Waals surface area contributed by atoms with Crippen molar-refractivity contribution >= 4 is 17.4 Å². The van der Waals surface area contributed by atoms with Crippen molar-refractivity contribution in [2.45, 2.75) is 12.7 Å². The molecule has 0 aliphatic heterocycles. The third-order valence-corrected chi connectivity index (χ3v) is 3.30. The summed E-state index contributed by atoms with van der Waals surface area (Å²) in [6, 6.07) is 7.94. The van der Waals surface area contributed by atoms with Crippen molar-refractivity contribution in [3.63, 3.8) is 0 Å². The Morgan fingerprint density at radius 2 is 2.00 bits per heavy atom. The van der Waals surface area contributed by atoms with E-state index in [2.05, 4.69) is 6.92 Å². The zero-order chi connectivity index (χ0) is 10.4. The molecule has 0 radical (unpaired) electrons. The van der Waals surface area contributed by atoms with Gasteiger partial charge in [-0.15, -0.1) is 0 Å². The van der Waals surface area contributed by atoms with Crippen molar-refractivity contribution in [3.05, 3.63) is 29.8 Å². The maximum atomic E-state index is 8.84. The monoisotopic (exact) mass is 211 g/mol. The Balaban J connectivity index is 2.28. The quantitative estimate of drug-likeness (QED) is 0.733. The van der Waals surface area contributed by atoms with Gasteiger partial charge in [-0.2, -0.15) is 11.8 Å². The van der Waals surface area contributed by atoms with Gasteiger partial charge in [0.05, 0.1) is 0 Å². The largest absolute Gasteiger partial charge is 0.399 e. The Labute approximate surface area is 89.5 Å². The van der Waals surface area contributed by atoms with E-state index in [1.165, 1.54) is 5.56 Å². The maximum absolute atomic E-state index is 8.84. The smallest absolute Gasteiger partial charge is 0.0464 e. The Hall–Kier alpha value is -0.670. The Morgan fingerprint density at radius 3 is 2.57 bits per heavy atom. The Bertz CT molecular complexity index is 260. The number of rotatable bonds is 5. The number of hydrogen-bond acceptors (Lipinski definition) is 3. The van der Waals surface area contributed by atoms with Crippen LogP contribution < -0.4 is 5.73 Å². The third-order valence-electron chi connectivity index (χ3n) is 1.96. The van der Waals surface area contributed by atoms with Crippen LogP contribution in [0.5, 0.6) is 0 Å². The predicted octanol–water partition coefficient (Wildman–Crippen LogP) is 2.13. The maximum Gasteiger partial charge on any atom is 0.0464 e. The SMILES string of the molecule is CC(CO)CSCc1ccc(N)cc1. The van der Waals surface area contributed by atoms with E-state index in [1.807, 2.05) is 36.0 Å². The highest BCUT2D eigenvalue weighted by Crippen LogP contribution is 2.16. The third kappa shape index (κ3) is 4.03. The minimum atomic E-state index is 0.273. The molecule has 1 rings (SSSR count). The van der Waals surface area contributed by atoms with Crippen LogP contribution in [-0.4, -0.2) is 17.5 Å². The van der Waals surface area contributed by atoms with Crippen molar-refractivity contribution in [3.8, 4) is 0 Å². The first kappa shape index (κ1) is 11.4. The van der Waals surface area contributed by atoms with Crippen molar-refractivity contribution in [1.29, 1.82) is 0 Å².